The van der Waals surface area contributed by atoms with Gasteiger partial charge in [-0.25, -0.2) is 0 Å². The average molecular weight is 180 g/mol. The zero-order valence-electron chi connectivity index (χ0n) is 8.41. The van der Waals surface area contributed by atoms with Crippen LogP contribution in [0, 0.1) is 6.92 Å². The van der Waals surface area contributed by atoms with Gasteiger partial charge in [0.25, 0.3) is 0 Å². The lowest BCUT2D eigenvalue weighted by Crippen LogP contribution is -2.08. The maximum absolute atomic E-state index is 5.31. The summed E-state index contributed by atoms with van der Waals surface area (Å²) in [4.78, 5) is 0. The van der Waals surface area contributed by atoms with E-state index < -0.39 is 0 Å². The zero-order valence-corrected chi connectivity index (χ0v) is 8.41. The van der Waals surface area contributed by atoms with Crippen LogP contribution in [0.2, 0.25) is 0 Å². The topological polar surface area (TPSA) is 18.5 Å². The van der Waals surface area contributed by atoms with Gasteiger partial charge in [0, 0.05) is 14.2 Å². The van der Waals surface area contributed by atoms with Crippen LogP contribution in [0.5, 0.6) is 0 Å². The largest absolute Gasteiger partial charge is 0.382 e. The highest BCUT2D eigenvalue weighted by atomic mass is 16.5. The van der Waals surface area contributed by atoms with Gasteiger partial charge >= 0.3 is 0 Å². The van der Waals surface area contributed by atoms with E-state index in [9.17, 15) is 0 Å². The fourth-order valence-electron chi connectivity index (χ4n) is 1.32. The molecule has 0 aromatic heterocycles. The summed E-state index contributed by atoms with van der Waals surface area (Å²) in [5, 5.41) is 0. The van der Waals surface area contributed by atoms with Crippen molar-refractivity contribution in [3.63, 3.8) is 0 Å². The summed E-state index contributed by atoms with van der Waals surface area (Å²) in [6, 6.07) is 8.28. The molecule has 2 nitrogen and oxygen atoms in total. The molecule has 1 atom stereocenters. The summed E-state index contributed by atoms with van der Waals surface area (Å²) < 4.78 is 10.4. The fraction of sp³-hybridized carbons (Fsp3) is 0.455. The van der Waals surface area contributed by atoms with Gasteiger partial charge in [-0.3, -0.25) is 0 Å². The number of hydrogen-bond acceptors (Lipinski definition) is 2. The van der Waals surface area contributed by atoms with Gasteiger partial charge in [-0.2, -0.15) is 0 Å². The number of hydrogen-bond donors (Lipinski definition) is 0. The summed E-state index contributed by atoms with van der Waals surface area (Å²) >= 11 is 0. The fourth-order valence-corrected chi connectivity index (χ4v) is 1.32. The average Bonchev–Trinajstić information content (AvgIpc) is 2.14. The normalized spacial score (nSPS) is 12.8. The van der Waals surface area contributed by atoms with E-state index in [0.29, 0.717) is 6.61 Å². The van der Waals surface area contributed by atoms with E-state index in [0.717, 1.165) is 0 Å². The summed E-state index contributed by atoms with van der Waals surface area (Å²) in [6.45, 7) is 2.67. The molecule has 0 spiro atoms. The van der Waals surface area contributed by atoms with Crippen molar-refractivity contribution in [3.05, 3.63) is 35.4 Å². The lowest BCUT2D eigenvalue weighted by Gasteiger charge is -2.14. The molecule has 0 N–H and O–H groups in total. The second kappa shape index (κ2) is 5.00. The van der Waals surface area contributed by atoms with Gasteiger partial charge in [-0.1, -0.05) is 29.8 Å². The highest BCUT2D eigenvalue weighted by Gasteiger charge is 2.08. The van der Waals surface area contributed by atoms with Crippen LogP contribution in [0.25, 0.3) is 0 Å². The first-order valence-corrected chi connectivity index (χ1v) is 4.36. The predicted molar refractivity (Wildman–Crippen MR) is 52.8 cm³/mol. The molecule has 13 heavy (non-hydrogen) atoms. The number of benzene rings is 1. The first-order valence-electron chi connectivity index (χ1n) is 4.36. The maximum Gasteiger partial charge on any atom is 0.105 e. The summed E-state index contributed by atoms with van der Waals surface area (Å²) in [5.74, 6) is 0. The van der Waals surface area contributed by atoms with Crippen LogP contribution in [-0.2, 0) is 9.47 Å². The minimum atomic E-state index is 0.0462. The van der Waals surface area contributed by atoms with Crippen LogP contribution in [-0.4, -0.2) is 20.8 Å². The summed E-state index contributed by atoms with van der Waals surface area (Å²) in [7, 11) is 3.38. The molecule has 72 valence electrons. The standard InChI is InChI=1S/C11H16O2/c1-9-5-4-6-10(7-9)11(13-3)8-12-2/h4-7,11H,8H2,1-3H3. The molecule has 0 aliphatic carbocycles. The third-order valence-electron chi connectivity index (χ3n) is 2.02. The highest BCUT2D eigenvalue weighted by Crippen LogP contribution is 2.17. The Kier molecular flexibility index (Phi) is 3.93. The van der Waals surface area contributed by atoms with E-state index >= 15 is 0 Å². The third-order valence-corrected chi connectivity index (χ3v) is 2.02. The SMILES string of the molecule is COCC(OC)c1cccc(C)c1. The van der Waals surface area contributed by atoms with Crippen molar-refractivity contribution in [1.29, 1.82) is 0 Å². The van der Waals surface area contributed by atoms with E-state index in [1.807, 2.05) is 6.07 Å². The molecule has 1 rings (SSSR count). The van der Waals surface area contributed by atoms with Gasteiger partial charge in [0.15, 0.2) is 0 Å². The molecule has 1 unspecified atom stereocenters. The molecular formula is C11H16O2. The van der Waals surface area contributed by atoms with E-state index in [1.54, 1.807) is 14.2 Å². The zero-order chi connectivity index (χ0) is 9.68. The van der Waals surface area contributed by atoms with Gasteiger partial charge < -0.3 is 9.47 Å². The quantitative estimate of drug-likeness (QED) is 0.708. The lowest BCUT2D eigenvalue weighted by molar-refractivity contribution is 0.0274. The molecule has 0 radical (unpaired) electrons. The lowest BCUT2D eigenvalue weighted by atomic mass is 10.1. The van der Waals surface area contributed by atoms with E-state index in [2.05, 4.69) is 25.1 Å². The maximum atomic E-state index is 5.31. The summed E-state index contributed by atoms with van der Waals surface area (Å²) in [5.41, 5.74) is 2.42. The van der Waals surface area contributed by atoms with Crippen molar-refractivity contribution >= 4 is 0 Å². The summed E-state index contributed by atoms with van der Waals surface area (Å²) in [6.07, 6.45) is 0.0462. The first-order chi connectivity index (χ1) is 6.27. The van der Waals surface area contributed by atoms with Gasteiger partial charge in [-0.05, 0) is 12.5 Å². The van der Waals surface area contributed by atoms with Crippen molar-refractivity contribution < 1.29 is 9.47 Å². The van der Waals surface area contributed by atoms with Gasteiger partial charge in [0.1, 0.15) is 6.10 Å². The van der Waals surface area contributed by atoms with Crippen LogP contribution in [0.15, 0.2) is 24.3 Å². The predicted octanol–water partition coefficient (Wildman–Crippen LogP) is 2.33. The molecule has 0 saturated carbocycles. The molecule has 0 bridgehead atoms. The van der Waals surface area contributed by atoms with E-state index in [1.165, 1.54) is 11.1 Å². The Balaban J connectivity index is 2.78. The monoisotopic (exact) mass is 180 g/mol. The number of aryl methyl sites for hydroxylation is 1. The van der Waals surface area contributed by atoms with Crippen molar-refractivity contribution in [3.8, 4) is 0 Å². The molecule has 0 fully saturated rings. The highest BCUT2D eigenvalue weighted by molar-refractivity contribution is 5.24. The van der Waals surface area contributed by atoms with Crippen molar-refractivity contribution in [2.45, 2.75) is 13.0 Å². The van der Waals surface area contributed by atoms with Crippen molar-refractivity contribution in [2.75, 3.05) is 20.8 Å². The Bertz CT molecular complexity index is 258. The van der Waals surface area contributed by atoms with E-state index in [-0.39, 0.29) is 6.10 Å². The Labute approximate surface area is 79.5 Å². The Morgan fingerprint density at radius 2 is 2.08 bits per heavy atom. The smallest absolute Gasteiger partial charge is 0.105 e. The minimum absolute atomic E-state index is 0.0462. The van der Waals surface area contributed by atoms with Crippen molar-refractivity contribution in [2.24, 2.45) is 0 Å². The number of rotatable bonds is 4. The molecule has 0 aliphatic heterocycles. The molecule has 0 saturated heterocycles. The minimum Gasteiger partial charge on any atom is -0.382 e. The van der Waals surface area contributed by atoms with Gasteiger partial charge in [0.2, 0.25) is 0 Å². The molecule has 1 aromatic rings. The number of ether oxygens (including phenoxy) is 2. The van der Waals surface area contributed by atoms with Gasteiger partial charge in [-0.15, -0.1) is 0 Å². The van der Waals surface area contributed by atoms with Crippen molar-refractivity contribution in [1.82, 2.24) is 0 Å². The Hall–Kier alpha value is -0.860. The van der Waals surface area contributed by atoms with Crippen LogP contribution in [0.3, 0.4) is 0 Å². The van der Waals surface area contributed by atoms with E-state index in [4.69, 9.17) is 9.47 Å². The van der Waals surface area contributed by atoms with Crippen LogP contribution in [0.1, 0.15) is 17.2 Å². The molecule has 1 aromatic carbocycles. The third kappa shape index (κ3) is 2.83. The van der Waals surface area contributed by atoms with Crippen LogP contribution >= 0.6 is 0 Å². The molecule has 0 heterocycles. The molecule has 0 amide bonds. The molecule has 2 heteroatoms. The molecular weight excluding hydrogens is 164 g/mol. The van der Waals surface area contributed by atoms with Crippen LogP contribution in [0.4, 0.5) is 0 Å². The molecule has 0 aliphatic rings. The second-order valence-corrected chi connectivity index (χ2v) is 3.09. The van der Waals surface area contributed by atoms with Gasteiger partial charge in [0.05, 0.1) is 6.61 Å². The first kappa shape index (κ1) is 10.2. The van der Waals surface area contributed by atoms with Crippen LogP contribution < -0.4 is 0 Å². The number of methoxy groups -OCH3 is 2. The Morgan fingerprint density at radius 3 is 2.62 bits per heavy atom. The Morgan fingerprint density at radius 1 is 1.31 bits per heavy atom. The second-order valence-electron chi connectivity index (χ2n) is 3.09.